The van der Waals surface area contributed by atoms with Crippen molar-refractivity contribution in [3.8, 4) is 11.1 Å². The van der Waals surface area contributed by atoms with E-state index in [9.17, 15) is 0 Å². The number of nitrogens with zero attached hydrogens (tertiary/aromatic N) is 4. The van der Waals surface area contributed by atoms with E-state index in [4.69, 9.17) is 4.74 Å². The fourth-order valence-corrected chi connectivity index (χ4v) is 3.51. The van der Waals surface area contributed by atoms with Gasteiger partial charge in [0.15, 0.2) is 0 Å². The average Bonchev–Trinajstić information content (AvgIpc) is 2.71. The van der Waals surface area contributed by atoms with E-state index in [-0.39, 0.29) is 5.41 Å². The van der Waals surface area contributed by atoms with Gasteiger partial charge in [0.1, 0.15) is 0 Å². The van der Waals surface area contributed by atoms with E-state index in [1.807, 2.05) is 12.4 Å². The average molecular weight is 383 g/mol. The summed E-state index contributed by atoms with van der Waals surface area (Å²) in [4.78, 5) is 14.0. The van der Waals surface area contributed by atoms with Gasteiger partial charge in [0.05, 0.1) is 6.61 Å². The standard InChI is InChI=1S/C23H34N4O/c1-18(23(2,3)4)19-7-6-8-20(15-19)21-16-24-22(25-17-21)27-11-9-26(10-12-27)13-14-28-5/h6-8,15-18H,9-14H2,1-5H3/t18-/m0/s1. The molecule has 5 heteroatoms. The third kappa shape index (κ3) is 5.09. The van der Waals surface area contributed by atoms with Gasteiger partial charge in [-0.25, -0.2) is 9.97 Å². The molecule has 0 saturated carbocycles. The molecule has 0 N–H and O–H groups in total. The van der Waals surface area contributed by atoms with Crippen LogP contribution in [0.2, 0.25) is 0 Å². The number of benzene rings is 1. The van der Waals surface area contributed by atoms with Crippen molar-refractivity contribution >= 4 is 5.95 Å². The van der Waals surface area contributed by atoms with Crippen LogP contribution >= 0.6 is 0 Å². The van der Waals surface area contributed by atoms with E-state index in [2.05, 4.69) is 71.7 Å². The number of ether oxygens (including phenoxy) is 1. The molecule has 1 fully saturated rings. The third-order valence-corrected chi connectivity index (χ3v) is 5.92. The summed E-state index contributed by atoms with van der Waals surface area (Å²) in [5, 5.41) is 0. The Bertz CT molecular complexity index is 746. The van der Waals surface area contributed by atoms with Crippen LogP contribution in [0.1, 0.15) is 39.2 Å². The number of piperazine rings is 1. The molecular formula is C23H34N4O. The maximum absolute atomic E-state index is 5.17. The molecule has 0 spiro atoms. The molecule has 1 aromatic heterocycles. The summed E-state index contributed by atoms with van der Waals surface area (Å²) in [6.07, 6.45) is 3.92. The van der Waals surface area contributed by atoms with E-state index in [1.54, 1.807) is 7.11 Å². The second-order valence-electron chi connectivity index (χ2n) is 8.81. The van der Waals surface area contributed by atoms with E-state index in [0.29, 0.717) is 5.92 Å². The van der Waals surface area contributed by atoms with Crippen molar-refractivity contribution in [1.82, 2.24) is 14.9 Å². The van der Waals surface area contributed by atoms with Gasteiger partial charge >= 0.3 is 0 Å². The van der Waals surface area contributed by atoms with Crippen molar-refractivity contribution in [2.24, 2.45) is 5.41 Å². The minimum absolute atomic E-state index is 0.240. The zero-order valence-corrected chi connectivity index (χ0v) is 18.0. The van der Waals surface area contributed by atoms with Gasteiger partial charge in [0.2, 0.25) is 5.95 Å². The lowest BCUT2D eigenvalue weighted by Crippen LogP contribution is -2.47. The molecule has 2 heterocycles. The topological polar surface area (TPSA) is 41.5 Å². The predicted molar refractivity (Wildman–Crippen MR) is 116 cm³/mol. The van der Waals surface area contributed by atoms with Crippen molar-refractivity contribution in [2.75, 3.05) is 51.3 Å². The van der Waals surface area contributed by atoms with Gasteiger partial charge in [-0.05, 0) is 22.5 Å². The third-order valence-electron chi connectivity index (χ3n) is 5.92. The molecule has 0 amide bonds. The van der Waals surface area contributed by atoms with Gasteiger partial charge in [0, 0.05) is 57.8 Å². The molecule has 1 aliphatic rings. The van der Waals surface area contributed by atoms with E-state index in [0.717, 1.165) is 50.8 Å². The SMILES string of the molecule is COCCN1CCN(c2ncc(-c3cccc([C@H](C)C(C)(C)C)c3)cn2)CC1. The van der Waals surface area contributed by atoms with E-state index < -0.39 is 0 Å². The molecule has 3 rings (SSSR count). The molecule has 1 aliphatic heterocycles. The molecule has 0 radical (unpaired) electrons. The summed E-state index contributed by atoms with van der Waals surface area (Å²) in [5.41, 5.74) is 3.86. The molecule has 2 aromatic rings. The molecule has 0 unspecified atom stereocenters. The van der Waals surface area contributed by atoms with Gasteiger partial charge in [-0.1, -0.05) is 52.0 Å². The second-order valence-corrected chi connectivity index (χ2v) is 8.81. The molecule has 152 valence electrons. The van der Waals surface area contributed by atoms with Crippen LogP contribution in [0.5, 0.6) is 0 Å². The summed E-state index contributed by atoms with van der Waals surface area (Å²) in [6.45, 7) is 14.9. The first kappa shape index (κ1) is 20.7. The van der Waals surface area contributed by atoms with Gasteiger partial charge in [0.25, 0.3) is 0 Å². The summed E-state index contributed by atoms with van der Waals surface area (Å²) in [5.74, 6) is 1.32. The van der Waals surface area contributed by atoms with E-state index >= 15 is 0 Å². The van der Waals surface area contributed by atoms with Crippen LogP contribution in [0.4, 0.5) is 5.95 Å². The molecule has 28 heavy (non-hydrogen) atoms. The quantitative estimate of drug-likeness (QED) is 0.753. The number of hydrogen-bond donors (Lipinski definition) is 0. The summed E-state index contributed by atoms with van der Waals surface area (Å²) < 4.78 is 5.17. The van der Waals surface area contributed by atoms with Gasteiger partial charge < -0.3 is 9.64 Å². The zero-order chi connectivity index (χ0) is 20.1. The highest BCUT2D eigenvalue weighted by Crippen LogP contribution is 2.35. The first-order valence-electron chi connectivity index (χ1n) is 10.3. The fourth-order valence-electron chi connectivity index (χ4n) is 3.51. The van der Waals surface area contributed by atoms with Crippen LogP contribution < -0.4 is 4.90 Å². The van der Waals surface area contributed by atoms with Crippen molar-refractivity contribution in [3.63, 3.8) is 0 Å². The van der Waals surface area contributed by atoms with Gasteiger partial charge in [-0.15, -0.1) is 0 Å². The summed E-state index contributed by atoms with van der Waals surface area (Å²) in [7, 11) is 1.76. The number of hydrogen-bond acceptors (Lipinski definition) is 5. The van der Waals surface area contributed by atoms with Gasteiger partial charge in [-0.3, -0.25) is 4.90 Å². The van der Waals surface area contributed by atoms with E-state index in [1.165, 1.54) is 11.1 Å². The number of rotatable bonds is 6. The molecule has 0 bridgehead atoms. The molecule has 1 aromatic carbocycles. The molecule has 5 nitrogen and oxygen atoms in total. The Labute approximate surface area is 169 Å². The van der Waals surface area contributed by atoms with Crippen molar-refractivity contribution in [1.29, 1.82) is 0 Å². The highest BCUT2D eigenvalue weighted by molar-refractivity contribution is 5.63. The monoisotopic (exact) mass is 382 g/mol. The smallest absolute Gasteiger partial charge is 0.225 e. The number of methoxy groups -OCH3 is 1. The Hall–Kier alpha value is -1.98. The van der Waals surface area contributed by atoms with Crippen molar-refractivity contribution in [2.45, 2.75) is 33.6 Å². The summed E-state index contributed by atoms with van der Waals surface area (Å²) >= 11 is 0. The molecule has 1 saturated heterocycles. The van der Waals surface area contributed by atoms with Crippen LogP contribution in [0, 0.1) is 5.41 Å². The Morgan fingerprint density at radius 2 is 1.71 bits per heavy atom. The van der Waals surface area contributed by atoms with Crippen LogP contribution in [-0.2, 0) is 4.74 Å². The Kier molecular flexibility index (Phi) is 6.68. The summed E-state index contributed by atoms with van der Waals surface area (Å²) in [6, 6.07) is 8.78. The number of aromatic nitrogens is 2. The molecule has 1 atom stereocenters. The highest BCUT2D eigenvalue weighted by atomic mass is 16.5. The minimum atomic E-state index is 0.240. The fraction of sp³-hybridized carbons (Fsp3) is 0.565. The minimum Gasteiger partial charge on any atom is -0.383 e. The lowest BCUT2D eigenvalue weighted by molar-refractivity contribution is 0.143. The predicted octanol–water partition coefficient (Wildman–Crippen LogP) is 4.06. The first-order valence-corrected chi connectivity index (χ1v) is 10.3. The lowest BCUT2D eigenvalue weighted by Gasteiger charge is -2.34. The highest BCUT2D eigenvalue weighted by Gasteiger charge is 2.22. The first-order chi connectivity index (χ1) is 13.4. The molecular weight excluding hydrogens is 348 g/mol. The lowest BCUT2D eigenvalue weighted by atomic mass is 9.77. The van der Waals surface area contributed by atoms with Crippen molar-refractivity contribution in [3.05, 3.63) is 42.2 Å². The van der Waals surface area contributed by atoms with Crippen molar-refractivity contribution < 1.29 is 4.74 Å². The zero-order valence-electron chi connectivity index (χ0n) is 18.0. The van der Waals surface area contributed by atoms with Crippen LogP contribution in [0.25, 0.3) is 11.1 Å². The van der Waals surface area contributed by atoms with Crippen LogP contribution in [0.3, 0.4) is 0 Å². The normalized spacial score (nSPS) is 17.0. The Morgan fingerprint density at radius 3 is 2.32 bits per heavy atom. The number of anilines is 1. The van der Waals surface area contributed by atoms with Gasteiger partial charge in [-0.2, -0.15) is 0 Å². The largest absolute Gasteiger partial charge is 0.383 e. The Balaban J connectivity index is 1.67. The maximum Gasteiger partial charge on any atom is 0.225 e. The Morgan fingerprint density at radius 1 is 1.04 bits per heavy atom. The molecule has 0 aliphatic carbocycles. The maximum atomic E-state index is 5.17. The van der Waals surface area contributed by atoms with Crippen LogP contribution in [0.15, 0.2) is 36.7 Å². The van der Waals surface area contributed by atoms with Crippen LogP contribution in [-0.4, -0.2) is 61.3 Å². The second kappa shape index (κ2) is 9.01.